The first-order valence-corrected chi connectivity index (χ1v) is 7.54. The van der Waals surface area contributed by atoms with E-state index in [0.717, 1.165) is 11.5 Å². The number of rotatable bonds is 5. The molecule has 0 aliphatic heterocycles. The molecule has 0 saturated carbocycles. The van der Waals surface area contributed by atoms with Gasteiger partial charge in [0.15, 0.2) is 0 Å². The van der Waals surface area contributed by atoms with E-state index in [4.69, 9.17) is 9.47 Å². The molecule has 0 radical (unpaired) electrons. The van der Waals surface area contributed by atoms with E-state index in [0.29, 0.717) is 6.61 Å². The highest BCUT2D eigenvalue weighted by atomic mass is 79.9. The molecule has 0 aliphatic carbocycles. The lowest BCUT2D eigenvalue weighted by Gasteiger charge is -2.11. The average molecular weight is 327 g/mol. The van der Waals surface area contributed by atoms with Gasteiger partial charge in [0, 0.05) is 0 Å². The van der Waals surface area contributed by atoms with Crippen LogP contribution in [0.25, 0.3) is 0 Å². The van der Waals surface area contributed by atoms with Gasteiger partial charge in [-0.2, -0.15) is 0 Å². The van der Waals surface area contributed by atoms with E-state index in [-0.39, 0.29) is 4.83 Å². The monoisotopic (exact) mass is 326 g/mol. The van der Waals surface area contributed by atoms with E-state index >= 15 is 0 Å². The van der Waals surface area contributed by atoms with Crippen LogP contribution in [-0.4, -0.2) is 13.7 Å². The Bertz CT molecular complexity index is 493. The lowest BCUT2D eigenvalue weighted by Crippen LogP contribution is -1.95. The van der Waals surface area contributed by atoms with Crippen molar-refractivity contribution in [2.75, 3.05) is 13.7 Å². The first-order chi connectivity index (χ1) is 8.76. The summed E-state index contributed by atoms with van der Waals surface area (Å²) in [6.07, 6.45) is 0. The van der Waals surface area contributed by atoms with Crippen molar-refractivity contribution in [1.29, 1.82) is 0 Å². The van der Waals surface area contributed by atoms with Gasteiger partial charge in [0.1, 0.15) is 11.5 Å². The lowest BCUT2D eigenvalue weighted by atomic mass is 10.1. The first kappa shape index (κ1) is 13.4. The molecule has 1 atom stereocenters. The largest absolute Gasteiger partial charge is 0.496 e. The van der Waals surface area contributed by atoms with Crippen molar-refractivity contribution in [1.82, 2.24) is 0 Å². The highest BCUT2D eigenvalue weighted by Gasteiger charge is 2.16. The summed E-state index contributed by atoms with van der Waals surface area (Å²) in [5.74, 6) is 1.83. The minimum Gasteiger partial charge on any atom is -0.496 e. The van der Waals surface area contributed by atoms with E-state index < -0.39 is 0 Å². The summed E-state index contributed by atoms with van der Waals surface area (Å²) < 4.78 is 10.8. The summed E-state index contributed by atoms with van der Waals surface area (Å²) in [5, 5.41) is 2.04. The third-order valence-electron chi connectivity index (χ3n) is 2.59. The molecule has 1 heterocycles. The fourth-order valence-electron chi connectivity index (χ4n) is 1.71. The van der Waals surface area contributed by atoms with Crippen molar-refractivity contribution in [2.24, 2.45) is 0 Å². The van der Waals surface area contributed by atoms with Crippen LogP contribution in [0.3, 0.4) is 0 Å². The van der Waals surface area contributed by atoms with Crippen molar-refractivity contribution in [3.8, 4) is 11.5 Å². The number of thiophene rings is 1. The summed E-state index contributed by atoms with van der Waals surface area (Å²) in [6, 6.07) is 10.1. The van der Waals surface area contributed by atoms with Gasteiger partial charge in [-0.25, -0.2) is 0 Å². The molecule has 0 aliphatic rings. The van der Waals surface area contributed by atoms with Gasteiger partial charge in [-0.1, -0.05) is 28.1 Å². The molecule has 0 bridgehead atoms. The Morgan fingerprint density at radius 2 is 1.94 bits per heavy atom. The van der Waals surface area contributed by atoms with Crippen LogP contribution in [0.15, 0.2) is 35.7 Å². The van der Waals surface area contributed by atoms with E-state index in [1.54, 1.807) is 18.4 Å². The highest BCUT2D eigenvalue weighted by Crippen LogP contribution is 2.40. The van der Waals surface area contributed by atoms with Gasteiger partial charge < -0.3 is 9.47 Å². The minimum absolute atomic E-state index is 0.156. The van der Waals surface area contributed by atoms with Crippen molar-refractivity contribution >= 4 is 27.3 Å². The Hall–Kier alpha value is -1.00. The van der Waals surface area contributed by atoms with Gasteiger partial charge >= 0.3 is 0 Å². The summed E-state index contributed by atoms with van der Waals surface area (Å²) in [6.45, 7) is 2.67. The van der Waals surface area contributed by atoms with E-state index in [9.17, 15) is 0 Å². The molecule has 1 aromatic carbocycles. The van der Waals surface area contributed by atoms with E-state index in [2.05, 4.69) is 28.1 Å². The number of alkyl halides is 1. The Labute approximate surface area is 120 Å². The molecule has 0 saturated heterocycles. The van der Waals surface area contributed by atoms with Crippen LogP contribution >= 0.6 is 27.3 Å². The van der Waals surface area contributed by atoms with Crippen LogP contribution in [0.4, 0.5) is 0 Å². The Morgan fingerprint density at radius 3 is 2.56 bits per heavy atom. The molecule has 2 nitrogen and oxygen atoms in total. The number of ether oxygens (including phenoxy) is 2. The number of halogens is 1. The molecule has 1 aromatic heterocycles. The zero-order chi connectivity index (χ0) is 13.0. The predicted molar refractivity (Wildman–Crippen MR) is 79.3 cm³/mol. The number of hydrogen-bond acceptors (Lipinski definition) is 3. The summed E-state index contributed by atoms with van der Waals surface area (Å²) in [4.78, 5) is 1.34. The number of methoxy groups -OCH3 is 1. The topological polar surface area (TPSA) is 18.5 Å². The normalized spacial score (nSPS) is 12.2. The van der Waals surface area contributed by atoms with Crippen LogP contribution < -0.4 is 9.47 Å². The van der Waals surface area contributed by atoms with E-state index in [1.165, 1.54) is 10.4 Å². The quantitative estimate of drug-likeness (QED) is 0.745. The molecular weight excluding hydrogens is 312 g/mol. The lowest BCUT2D eigenvalue weighted by molar-refractivity contribution is 0.340. The van der Waals surface area contributed by atoms with Crippen molar-refractivity contribution < 1.29 is 9.47 Å². The van der Waals surface area contributed by atoms with Crippen molar-refractivity contribution in [3.63, 3.8) is 0 Å². The van der Waals surface area contributed by atoms with Gasteiger partial charge in [0.2, 0.25) is 0 Å². The molecule has 2 rings (SSSR count). The molecule has 0 N–H and O–H groups in total. The van der Waals surface area contributed by atoms with Gasteiger partial charge in [-0.15, -0.1) is 11.3 Å². The molecule has 1 unspecified atom stereocenters. The Morgan fingerprint density at radius 1 is 1.22 bits per heavy atom. The molecule has 96 valence electrons. The van der Waals surface area contributed by atoms with Gasteiger partial charge in [-0.3, -0.25) is 0 Å². The Balaban J connectivity index is 2.20. The second-order valence-corrected chi connectivity index (χ2v) is 5.58. The van der Waals surface area contributed by atoms with Gasteiger partial charge in [-0.05, 0) is 36.1 Å². The maximum Gasteiger partial charge on any atom is 0.134 e. The first-order valence-electron chi connectivity index (χ1n) is 5.74. The van der Waals surface area contributed by atoms with Crippen LogP contribution in [-0.2, 0) is 0 Å². The second kappa shape index (κ2) is 6.25. The summed E-state index contributed by atoms with van der Waals surface area (Å²) in [7, 11) is 1.70. The molecule has 0 amide bonds. The third kappa shape index (κ3) is 2.87. The molecule has 4 heteroatoms. The predicted octanol–water partition coefficient (Wildman–Crippen LogP) is 4.64. The average Bonchev–Trinajstić information content (AvgIpc) is 2.87. The van der Waals surface area contributed by atoms with Crippen LogP contribution in [0.2, 0.25) is 0 Å². The summed E-state index contributed by atoms with van der Waals surface area (Å²) >= 11 is 5.41. The standard InChI is InChI=1S/C14H15BrO2S/c1-3-17-11-6-4-10(5-7-11)13(15)14-12(16-2)8-9-18-14/h4-9,13H,3H2,1-2H3. The maximum atomic E-state index is 5.44. The molecule has 18 heavy (non-hydrogen) atoms. The van der Waals surface area contributed by atoms with Crippen LogP contribution in [0, 0.1) is 0 Å². The zero-order valence-electron chi connectivity index (χ0n) is 10.4. The third-order valence-corrected chi connectivity index (χ3v) is 4.84. The minimum atomic E-state index is 0.156. The fourth-order valence-corrected chi connectivity index (χ4v) is 3.43. The SMILES string of the molecule is CCOc1ccc(C(Br)c2sccc2OC)cc1. The number of benzene rings is 1. The fraction of sp³-hybridized carbons (Fsp3) is 0.286. The van der Waals surface area contributed by atoms with Gasteiger partial charge in [0.25, 0.3) is 0 Å². The van der Waals surface area contributed by atoms with Crippen molar-refractivity contribution in [2.45, 2.75) is 11.8 Å². The molecule has 0 spiro atoms. The van der Waals surface area contributed by atoms with E-state index in [1.807, 2.05) is 30.5 Å². The second-order valence-electron chi connectivity index (χ2n) is 3.72. The molecular formula is C14H15BrO2S. The van der Waals surface area contributed by atoms with Crippen LogP contribution in [0.1, 0.15) is 22.2 Å². The zero-order valence-corrected chi connectivity index (χ0v) is 12.8. The molecule has 0 fully saturated rings. The van der Waals surface area contributed by atoms with Crippen LogP contribution in [0.5, 0.6) is 11.5 Å². The summed E-state index contributed by atoms with van der Waals surface area (Å²) in [5.41, 5.74) is 1.19. The Kier molecular flexibility index (Phi) is 4.66. The highest BCUT2D eigenvalue weighted by molar-refractivity contribution is 9.09. The smallest absolute Gasteiger partial charge is 0.134 e. The molecule has 2 aromatic rings. The van der Waals surface area contributed by atoms with Gasteiger partial charge in [0.05, 0.1) is 23.4 Å². The van der Waals surface area contributed by atoms with Crippen molar-refractivity contribution in [3.05, 3.63) is 46.2 Å². The maximum absolute atomic E-state index is 5.44. The number of hydrogen-bond donors (Lipinski definition) is 0.